The maximum absolute atomic E-state index is 12.4. The number of carbonyl (C=O) groups is 1. The van der Waals surface area contributed by atoms with Gasteiger partial charge in [-0.1, -0.05) is 25.3 Å². The summed E-state index contributed by atoms with van der Waals surface area (Å²) < 4.78 is 17.8. The van der Waals surface area contributed by atoms with Crippen LogP contribution in [0.2, 0.25) is 0 Å². The van der Waals surface area contributed by atoms with E-state index in [2.05, 4.69) is 0 Å². The molecule has 20 heavy (non-hydrogen) atoms. The molecule has 0 aromatic heterocycles. The fourth-order valence-corrected chi connectivity index (χ4v) is 3.96. The maximum Gasteiger partial charge on any atom is 0.331 e. The number of hydrogen-bond acceptors (Lipinski definition) is 3. The normalized spacial score (nSPS) is 19.9. The predicted molar refractivity (Wildman–Crippen MR) is 81.9 cm³/mol. The molecule has 0 bridgehead atoms. The van der Waals surface area contributed by atoms with Gasteiger partial charge in [-0.25, -0.2) is 4.79 Å². The molecule has 0 aromatic rings. The van der Waals surface area contributed by atoms with E-state index in [1.54, 1.807) is 13.8 Å². The Hall–Kier alpha value is -0.600. The lowest BCUT2D eigenvalue weighted by atomic mass is 9.88. The van der Waals surface area contributed by atoms with Crippen molar-refractivity contribution >= 4 is 13.8 Å². The van der Waals surface area contributed by atoms with Crippen LogP contribution in [0.25, 0.3) is 0 Å². The monoisotopic (exact) mass is 302 g/mol. The van der Waals surface area contributed by atoms with Crippen molar-refractivity contribution < 1.29 is 19.2 Å². The molecule has 0 amide bonds. The molecule has 116 valence electrons. The van der Waals surface area contributed by atoms with Gasteiger partial charge in [0, 0.05) is 18.3 Å². The van der Waals surface area contributed by atoms with Gasteiger partial charge in [-0.2, -0.15) is 0 Å². The highest BCUT2D eigenvalue weighted by molar-refractivity contribution is 7.46. The van der Waals surface area contributed by atoms with Crippen molar-refractivity contribution in [3.63, 3.8) is 0 Å². The fraction of sp³-hybridized carbons (Fsp3) is 0.800. The van der Waals surface area contributed by atoms with Gasteiger partial charge in [-0.05, 0) is 39.5 Å². The molecule has 1 rings (SSSR count). The van der Waals surface area contributed by atoms with Gasteiger partial charge in [0.25, 0.3) is 0 Å². The number of aliphatic carboxylic acids is 1. The highest BCUT2D eigenvalue weighted by Gasteiger charge is 2.28. The van der Waals surface area contributed by atoms with E-state index in [1.165, 1.54) is 6.42 Å². The lowest BCUT2D eigenvalue weighted by Crippen LogP contribution is -2.22. The largest absolute Gasteiger partial charge is 0.478 e. The van der Waals surface area contributed by atoms with E-state index in [0.29, 0.717) is 18.1 Å². The summed E-state index contributed by atoms with van der Waals surface area (Å²) in [5.74, 6) is -0.610. The molecule has 0 aliphatic heterocycles. The molecule has 0 spiro atoms. The van der Waals surface area contributed by atoms with Crippen LogP contribution in [0.4, 0.5) is 0 Å². The highest BCUT2D eigenvalue weighted by atomic mass is 31.1. The first-order valence-corrected chi connectivity index (χ1v) is 9.09. The molecule has 1 saturated carbocycles. The molecule has 0 radical (unpaired) electrons. The Morgan fingerprint density at radius 3 is 2.45 bits per heavy atom. The van der Waals surface area contributed by atoms with Gasteiger partial charge < -0.3 is 14.4 Å². The van der Waals surface area contributed by atoms with Gasteiger partial charge in [0.2, 0.25) is 0 Å². The summed E-state index contributed by atoms with van der Waals surface area (Å²) in [5.41, 5.74) is 0.300. The average molecular weight is 302 g/mol. The van der Waals surface area contributed by atoms with Crippen LogP contribution in [-0.2, 0) is 14.1 Å². The Labute approximate surface area is 122 Å². The summed E-state index contributed by atoms with van der Waals surface area (Å²) in [6.07, 6.45) is 7.62. The smallest absolute Gasteiger partial charge is 0.331 e. The van der Waals surface area contributed by atoms with Crippen molar-refractivity contribution in [3.05, 3.63) is 11.6 Å². The number of ether oxygens (including phenoxy) is 1. The molecular weight excluding hydrogens is 275 g/mol. The van der Waals surface area contributed by atoms with Crippen LogP contribution in [0.5, 0.6) is 0 Å². The third-order valence-electron chi connectivity index (χ3n) is 3.89. The summed E-state index contributed by atoms with van der Waals surface area (Å²) in [4.78, 5) is 11.4. The van der Waals surface area contributed by atoms with Gasteiger partial charge in [-0.3, -0.25) is 0 Å². The van der Waals surface area contributed by atoms with Crippen molar-refractivity contribution in [1.29, 1.82) is 0 Å². The molecule has 1 N–H and O–H groups in total. The maximum atomic E-state index is 12.4. The highest BCUT2D eigenvalue weighted by Crippen LogP contribution is 2.41. The number of carboxylic acid groups (broad SMARTS) is 1. The Balaban J connectivity index is 2.74. The van der Waals surface area contributed by atoms with E-state index in [9.17, 15) is 14.5 Å². The minimum Gasteiger partial charge on any atom is -0.478 e. The van der Waals surface area contributed by atoms with E-state index in [-0.39, 0.29) is 6.16 Å². The van der Waals surface area contributed by atoms with Crippen LogP contribution in [0.15, 0.2) is 11.6 Å². The predicted octanol–water partition coefficient (Wildman–Crippen LogP) is 3.91. The van der Waals surface area contributed by atoms with Crippen molar-refractivity contribution in [2.75, 3.05) is 12.8 Å². The third-order valence-corrected chi connectivity index (χ3v) is 6.08. The second-order valence-electron chi connectivity index (χ2n) is 5.94. The standard InChI is InChI=1S/C15H27O4P/c1-4-19-15(2,3)20(18)11-13(14(16)17)10-12-8-6-5-7-9-12/h10,12,20H,4-9,11H2,1-3H3,(H,16,17)/b13-10+. The van der Waals surface area contributed by atoms with Gasteiger partial charge in [0.05, 0.1) is 0 Å². The van der Waals surface area contributed by atoms with Crippen molar-refractivity contribution in [3.8, 4) is 0 Å². The Morgan fingerprint density at radius 1 is 1.35 bits per heavy atom. The molecule has 0 aromatic carbocycles. The van der Waals surface area contributed by atoms with Gasteiger partial charge in [0.1, 0.15) is 13.1 Å². The van der Waals surface area contributed by atoms with E-state index in [0.717, 1.165) is 25.7 Å². The Bertz CT molecular complexity index is 381. The molecule has 0 heterocycles. The number of hydrogen-bond donors (Lipinski definition) is 1. The van der Waals surface area contributed by atoms with Crippen LogP contribution in [0.1, 0.15) is 52.9 Å². The molecule has 1 aliphatic carbocycles. The van der Waals surface area contributed by atoms with E-state index in [1.807, 2.05) is 13.0 Å². The van der Waals surface area contributed by atoms with Crippen LogP contribution in [0.3, 0.4) is 0 Å². The third kappa shape index (κ3) is 5.41. The quantitative estimate of drug-likeness (QED) is 0.572. The minimum absolute atomic E-state index is 0.128. The first-order chi connectivity index (χ1) is 9.36. The molecule has 1 fully saturated rings. The second kappa shape index (κ2) is 7.99. The van der Waals surface area contributed by atoms with E-state index in [4.69, 9.17) is 4.74 Å². The van der Waals surface area contributed by atoms with Crippen LogP contribution in [0, 0.1) is 5.92 Å². The fourth-order valence-electron chi connectivity index (χ4n) is 2.62. The molecule has 0 saturated heterocycles. The van der Waals surface area contributed by atoms with Crippen molar-refractivity contribution in [1.82, 2.24) is 0 Å². The summed E-state index contributed by atoms with van der Waals surface area (Å²) >= 11 is 0. The van der Waals surface area contributed by atoms with E-state index < -0.39 is 19.1 Å². The molecule has 1 atom stereocenters. The first-order valence-electron chi connectivity index (χ1n) is 7.48. The second-order valence-corrected chi connectivity index (χ2v) is 8.34. The van der Waals surface area contributed by atoms with Crippen molar-refractivity contribution in [2.45, 2.75) is 58.2 Å². The van der Waals surface area contributed by atoms with Gasteiger partial charge in [-0.15, -0.1) is 0 Å². The molecule has 4 nitrogen and oxygen atoms in total. The molecule has 5 heteroatoms. The van der Waals surface area contributed by atoms with Crippen molar-refractivity contribution in [2.24, 2.45) is 5.92 Å². The number of rotatable bonds is 7. The van der Waals surface area contributed by atoms with Gasteiger partial charge in [0.15, 0.2) is 0 Å². The SMILES string of the molecule is CCOC(C)(C)[PH](=O)C/C(=C\C1CCCCC1)C(=O)O. The van der Waals surface area contributed by atoms with Crippen LogP contribution >= 0.6 is 7.80 Å². The zero-order valence-electron chi connectivity index (χ0n) is 12.8. The Kier molecular flexibility index (Phi) is 6.97. The van der Waals surface area contributed by atoms with Gasteiger partial charge >= 0.3 is 5.97 Å². The summed E-state index contributed by atoms with van der Waals surface area (Å²) in [5, 5.41) is 8.58. The zero-order valence-corrected chi connectivity index (χ0v) is 13.8. The first kappa shape index (κ1) is 17.5. The summed E-state index contributed by atoms with van der Waals surface area (Å²) in [6.45, 7) is 5.89. The molecule has 1 aliphatic rings. The number of carboxylic acids is 1. The van der Waals surface area contributed by atoms with E-state index >= 15 is 0 Å². The topological polar surface area (TPSA) is 63.6 Å². The summed E-state index contributed by atoms with van der Waals surface area (Å²) in [7, 11) is -2.14. The minimum atomic E-state index is -2.14. The molecule has 1 unspecified atom stereocenters. The van der Waals surface area contributed by atoms with Crippen LogP contribution in [-0.4, -0.2) is 29.2 Å². The number of allylic oxidation sites excluding steroid dienone is 1. The lowest BCUT2D eigenvalue weighted by Gasteiger charge is -2.25. The zero-order chi connectivity index (χ0) is 15.2. The summed E-state index contributed by atoms with van der Waals surface area (Å²) in [6, 6.07) is 0. The Morgan fingerprint density at radius 2 is 1.95 bits per heavy atom. The average Bonchev–Trinajstić information content (AvgIpc) is 2.38. The molecular formula is C15H27O4P. The lowest BCUT2D eigenvalue weighted by molar-refractivity contribution is -0.132. The van der Waals surface area contributed by atoms with Crippen LogP contribution < -0.4 is 0 Å².